The van der Waals surface area contributed by atoms with Gasteiger partial charge in [-0.05, 0) is 47.5 Å². The lowest BCUT2D eigenvalue weighted by Crippen LogP contribution is -2.12. The first-order valence-electron chi connectivity index (χ1n) is 8.93. The van der Waals surface area contributed by atoms with E-state index in [0.29, 0.717) is 22.9 Å². The maximum Gasteiger partial charge on any atom is 0.231 e. The number of hydrogen-bond acceptors (Lipinski definition) is 4. The average molecular weight is 400 g/mol. The molecule has 1 aliphatic heterocycles. The summed E-state index contributed by atoms with van der Waals surface area (Å²) < 4.78 is 30.1. The highest BCUT2D eigenvalue weighted by molar-refractivity contribution is 6.31. The molecule has 0 fully saturated rings. The highest BCUT2D eigenvalue weighted by Gasteiger charge is 2.13. The van der Waals surface area contributed by atoms with Crippen molar-refractivity contribution in [1.29, 1.82) is 0 Å². The molecule has 1 heterocycles. The van der Waals surface area contributed by atoms with Crippen LogP contribution in [0.15, 0.2) is 60.7 Å². The third-order valence-corrected chi connectivity index (χ3v) is 4.82. The maximum absolute atomic E-state index is 13.8. The number of halogens is 2. The van der Waals surface area contributed by atoms with Gasteiger partial charge in [-0.3, -0.25) is 0 Å². The number of rotatable bonds is 7. The minimum Gasteiger partial charge on any atom is -0.489 e. The van der Waals surface area contributed by atoms with E-state index in [4.69, 9.17) is 25.8 Å². The highest BCUT2D eigenvalue weighted by atomic mass is 35.5. The molecule has 28 heavy (non-hydrogen) atoms. The van der Waals surface area contributed by atoms with Crippen molar-refractivity contribution in [2.75, 3.05) is 6.79 Å². The van der Waals surface area contributed by atoms with Crippen LogP contribution >= 0.6 is 11.6 Å². The normalized spacial score (nSPS) is 12.2. The van der Waals surface area contributed by atoms with Gasteiger partial charge in [-0.2, -0.15) is 0 Å². The molecule has 0 spiro atoms. The first kappa shape index (κ1) is 18.6. The van der Waals surface area contributed by atoms with E-state index in [1.54, 1.807) is 12.1 Å². The zero-order valence-corrected chi connectivity index (χ0v) is 15.8. The average Bonchev–Trinajstić information content (AvgIpc) is 3.17. The predicted molar refractivity (Wildman–Crippen MR) is 105 cm³/mol. The summed E-state index contributed by atoms with van der Waals surface area (Å²) in [6.07, 6.45) is 0. The van der Waals surface area contributed by atoms with Crippen LogP contribution in [-0.4, -0.2) is 6.79 Å². The van der Waals surface area contributed by atoms with Crippen LogP contribution in [0.1, 0.15) is 16.7 Å². The summed E-state index contributed by atoms with van der Waals surface area (Å²) >= 11 is 6.02. The largest absolute Gasteiger partial charge is 0.489 e. The van der Waals surface area contributed by atoms with Crippen molar-refractivity contribution in [3.05, 3.63) is 88.2 Å². The van der Waals surface area contributed by atoms with E-state index in [0.717, 1.165) is 29.2 Å². The molecule has 0 radical (unpaired) electrons. The topological polar surface area (TPSA) is 39.7 Å². The Kier molecular flexibility index (Phi) is 5.65. The van der Waals surface area contributed by atoms with Crippen LogP contribution in [0.4, 0.5) is 4.39 Å². The predicted octanol–water partition coefficient (Wildman–Crippen LogP) is 5.08. The van der Waals surface area contributed by atoms with Gasteiger partial charge in [0.2, 0.25) is 6.79 Å². The molecule has 4 rings (SSSR count). The van der Waals surface area contributed by atoms with Crippen LogP contribution < -0.4 is 19.5 Å². The molecular formula is C22H19ClFNO3. The number of fused-ring (bicyclic) bond motifs is 1. The van der Waals surface area contributed by atoms with Gasteiger partial charge in [0.1, 0.15) is 18.2 Å². The lowest BCUT2D eigenvalue weighted by molar-refractivity contribution is 0.174. The fourth-order valence-corrected chi connectivity index (χ4v) is 3.15. The minimum atomic E-state index is -0.364. The third-order valence-electron chi connectivity index (χ3n) is 4.46. The Morgan fingerprint density at radius 2 is 1.68 bits per heavy atom. The molecule has 144 valence electrons. The minimum absolute atomic E-state index is 0.0905. The van der Waals surface area contributed by atoms with Crippen molar-refractivity contribution in [3.63, 3.8) is 0 Å². The first-order valence-corrected chi connectivity index (χ1v) is 9.31. The summed E-state index contributed by atoms with van der Waals surface area (Å²) in [5.41, 5.74) is 2.61. The van der Waals surface area contributed by atoms with Gasteiger partial charge in [0.05, 0.1) is 5.02 Å². The quantitative estimate of drug-likeness (QED) is 0.601. The molecule has 0 bridgehead atoms. The van der Waals surface area contributed by atoms with Crippen LogP contribution in [0.3, 0.4) is 0 Å². The number of hydrogen-bond donors (Lipinski definition) is 1. The standard InChI is InChI=1S/C22H19ClFNO3/c23-19-2-1-3-20(24)18(19)13-26-17-7-4-15(5-8-17)11-25-12-16-6-9-21-22(10-16)28-14-27-21/h1-10,25H,11-14H2. The summed E-state index contributed by atoms with van der Waals surface area (Å²) in [5.74, 6) is 1.88. The monoisotopic (exact) mass is 399 g/mol. The Hall–Kier alpha value is -2.76. The molecule has 0 amide bonds. The summed E-state index contributed by atoms with van der Waals surface area (Å²) in [6.45, 7) is 1.81. The zero-order chi connectivity index (χ0) is 19.3. The van der Waals surface area contributed by atoms with Crippen LogP contribution in [-0.2, 0) is 19.7 Å². The first-order chi connectivity index (χ1) is 13.7. The van der Waals surface area contributed by atoms with Crippen LogP contribution in [0.5, 0.6) is 17.2 Å². The van der Waals surface area contributed by atoms with Gasteiger partial charge in [-0.25, -0.2) is 4.39 Å². The van der Waals surface area contributed by atoms with Gasteiger partial charge in [-0.15, -0.1) is 0 Å². The Labute approximate surface area is 167 Å². The van der Waals surface area contributed by atoms with Gasteiger partial charge in [0.25, 0.3) is 0 Å². The second-order valence-corrected chi connectivity index (χ2v) is 6.83. The zero-order valence-electron chi connectivity index (χ0n) is 15.1. The number of benzene rings is 3. The van der Waals surface area contributed by atoms with Crippen molar-refractivity contribution < 1.29 is 18.6 Å². The molecule has 6 heteroatoms. The third kappa shape index (κ3) is 4.38. The fourth-order valence-electron chi connectivity index (χ4n) is 2.93. The lowest BCUT2D eigenvalue weighted by atomic mass is 10.2. The van der Waals surface area contributed by atoms with Crippen molar-refractivity contribution in [3.8, 4) is 17.2 Å². The summed E-state index contributed by atoms with van der Waals surface area (Å²) in [5, 5.41) is 3.76. The molecule has 0 aromatic heterocycles. The molecule has 3 aromatic rings. The van der Waals surface area contributed by atoms with E-state index >= 15 is 0 Å². The molecular weight excluding hydrogens is 381 g/mol. The van der Waals surface area contributed by atoms with E-state index in [2.05, 4.69) is 5.32 Å². The van der Waals surface area contributed by atoms with E-state index in [9.17, 15) is 4.39 Å². The molecule has 0 saturated carbocycles. The summed E-state index contributed by atoms with van der Waals surface area (Å²) in [4.78, 5) is 0. The fraction of sp³-hybridized carbons (Fsp3) is 0.182. The molecule has 0 saturated heterocycles. The molecule has 4 nitrogen and oxygen atoms in total. The molecule has 0 atom stereocenters. The van der Waals surface area contributed by atoms with Crippen LogP contribution in [0.2, 0.25) is 5.02 Å². The van der Waals surface area contributed by atoms with Gasteiger partial charge >= 0.3 is 0 Å². The van der Waals surface area contributed by atoms with E-state index in [-0.39, 0.29) is 19.2 Å². The van der Waals surface area contributed by atoms with E-state index in [1.165, 1.54) is 6.07 Å². The smallest absolute Gasteiger partial charge is 0.231 e. The molecule has 3 aromatic carbocycles. The number of ether oxygens (including phenoxy) is 3. The van der Waals surface area contributed by atoms with Crippen molar-refractivity contribution in [1.82, 2.24) is 5.32 Å². The summed E-state index contributed by atoms with van der Waals surface area (Å²) in [6, 6.07) is 18.2. The van der Waals surface area contributed by atoms with Gasteiger partial charge < -0.3 is 19.5 Å². The van der Waals surface area contributed by atoms with Crippen LogP contribution in [0.25, 0.3) is 0 Å². The lowest BCUT2D eigenvalue weighted by Gasteiger charge is -2.10. The Bertz CT molecular complexity index is 942. The Morgan fingerprint density at radius 3 is 2.50 bits per heavy atom. The van der Waals surface area contributed by atoms with E-state index in [1.807, 2.05) is 42.5 Å². The highest BCUT2D eigenvalue weighted by Crippen LogP contribution is 2.32. The second-order valence-electron chi connectivity index (χ2n) is 6.42. The second kappa shape index (κ2) is 8.50. The van der Waals surface area contributed by atoms with Crippen LogP contribution in [0, 0.1) is 5.82 Å². The van der Waals surface area contributed by atoms with Gasteiger partial charge in [0, 0.05) is 18.7 Å². The van der Waals surface area contributed by atoms with E-state index < -0.39 is 0 Å². The van der Waals surface area contributed by atoms with Crippen molar-refractivity contribution >= 4 is 11.6 Å². The Morgan fingerprint density at radius 1 is 0.929 bits per heavy atom. The molecule has 1 aliphatic rings. The van der Waals surface area contributed by atoms with Crippen molar-refractivity contribution in [2.24, 2.45) is 0 Å². The Balaban J connectivity index is 1.27. The number of nitrogens with one attached hydrogen (secondary N) is 1. The SMILES string of the molecule is Fc1cccc(Cl)c1COc1ccc(CNCc2ccc3c(c2)OCO3)cc1. The molecule has 0 unspecified atom stereocenters. The maximum atomic E-state index is 13.8. The summed E-state index contributed by atoms with van der Waals surface area (Å²) in [7, 11) is 0. The van der Waals surface area contributed by atoms with Gasteiger partial charge in [0.15, 0.2) is 11.5 Å². The molecule has 1 N–H and O–H groups in total. The van der Waals surface area contributed by atoms with Crippen molar-refractivity contribution in [2.45, 2.75) is 19.7 Å². The molecule has 0 aliphatic carbocycles. The van der Waals surface area contributed by atoms with Gasteiger partial charge in [-0.1, -0.05) is 35.9 Å².